The van der Waals surface area contributed by atoms with Gasteiger partial charge in [-0.1, -0.05) is 13.2 Å². The maximum absolute atomic E-state index is 11.2. The highest BCUT2D eigenvalue weighted by atomic mass is 16.8. The van der Waals surface area contributed by atoms with Crippen LogP contribution in [0.1, 0.15) is 13.8 Å². The van der Waals surface area contributed by atoms with Crippen LogP contribution in [0.4, 0.5) is 0 Å². The molecule has 7 nitrogen and oxygen atoms in total. The molecule has 0 radical (unpaired) electrons. The highest BCUT2D eigenvalue weighted by molar-refractivity contribution is 5.94. The molecule has 0 aliphatic rings. The van der Waals surface area contributed by atoms with E-state index in [-0.39, 0.29) is 11.1 Å². The maximum Gasteiger partial charge on any atom is 0.392 e. The van der Waals surface area contributed by atoms with Gasteiger partial charge in [0.25, 0.3) is 5.78 Å². The smallest absolute Gasteiger partial charge is 0.392 e. The molecule has 100 valence electrons. The molecule has 2 N–H and O–H groups in total. The molecule has 0 aromatic heterocycles. The third-order valence-electron chi connectivity index (χ3n) is 1.63. The Kier molecular flexibility index (Phi) is 5.41. The van der Waals surface area contributed by atoms with Crippen LogP contribution < -0.4 is 0 Å². The van der Waals surface area contributed by atoms with Crippen LogP contribution in [0.3, 0.4) is 0 Å². The monoisotopic (exact) mass is 258 g/mol. The van der Waals surface area contributed by atoms with E-state index in [0.29, 0.717) is 0 Å². The van der Waals surface area contributed by atoms with E-state index in [1.807, 2.05) is 0 Å². The van der Waals surface area contributed by atoms with E-state index in [9.17, 15) is 14.4 Å². The quantitative estimate of drug-likeness (QED) is 0.373. The van der Waals surface area contributed by atoms with Crippen LogP contribution >= 0.6 is 0 Å². The zero-order chi connectivity index (χ0) is 14.5. The summed E-state index contributed by atoms with van der Waals surface area (Å²) in [5.41, 5.74) is -0.0996. The average molecular weight is 258 g/mol. The molecular formula is C11H14O7. The minimum Gasteiger partial charge on any atom is -0.454 e. The number of ether oxygens (including phenoxy) is 2. The molecule has 18 heavy (non-hydrogen) atoms. The summed E-state index contributed by atoms with van der Waals surface area (Å²) in [6.07, 6.45) is 0. The van der Waals surface area contributed by atoms with E-state index in [0.717, 1.165) is 0 Å². The number of carbonyl (C=O) groups is 3. The number of ketones is 1. The Balaban J connectivity index is 4.48. The first kappa shape index (κ1) is 16.0. The molecule has 0 amide bonds. The summed E-state index contributed by atoms with van der Waals surface area (Å²) in [6, 6.07) is 0. The lowest BCUT2D eigenvalue weighted by Gasteiger charge is -2.19. The lowest BCUT2D eigenvalue weighted by molar-refractivity contribution is -0.296. The van der Waals surface area contributed by atoms with Crippen LogP contribution in [0.25, 0.3) is 0 Å². The topological polar surface area (TPSA) is 110 Å². The van der Waals surface area contributed by atoms with Crippen LogP contribution in [0.5, 0.6) is 0 Å². The van der Waals surface area contributed by atoms with Crippen molar-refractivity contribution in [2.75, 3.05) is 6.61 Å². The van der Waals surface area contributed by atoms with Crippen molar-refractivity contribution in [1.82, 2.24) is 0 Å². The zero-order valence-corrected chi connectivity index (χ0v) is 10.1. The van der Waals surface area contributed by atoms with E-state index < -0.39 is 30.3 Å². The van der Waals surface area contributed by atoms with Crippen molar-refractivity contribution in [3.8, 4) is 0 Å². The molecule has 0 heterocycles. The third kappa shape index (κ3) is 4.89. The van der Waals surface area contributed by atoms with Crippen LogP contribution in [-0.2, 0) is 23.9 Å². The molecule has 0 aromatic carbocycles. The van der Waals surface area contributed by atoms with Gasteiger partial charge < -0.3 is 19.7 Å². The van der Waals surface area contributed by atoms with Crippen molar-refractivity contribution >= 4 is 17.7 Å². The largest absolute Gasteiger partial charge is 0.454 e. The number of hydrogen-bond donors (Lipinski definition) is 2. The van der Waals surface area contributed by atoms with Crippen molar-refractivity contribution in [1.29, 1.82) is 0 Å². The Bertz CT molecular complexity index is 406. The number of hydrogen-bond acceptors (Lipinski definition) is 7. The average Bonchev–Trinajstić information content (AvgIpc) is 2.24. The fourth-order valence-electron chi connectivity index (χ4n) is 0.622. The number of aliphatic hydroxyl groups is 2. The van der Waals surface area contributed by atoms with Crippen molar-refractivity contribution in [3.05, 3.63) is 24.3 Å². The molecule has 0 aliphatic heterocycles. The molecule has 0 rings (SSSR count). The highest BCUT2D eigenvalue weighted by Crippen LogP contribution is 2.08. The van der Waals surface area contributed by atoms with E-state index in [1.165, 1.54) is 13.8 Å². The Morgan fingerprint density at radius 2 is 1.50 bits per heavy atom. The van der Waals surface area contributed by atoms with Crippen molar-refractivity contribution in [2.45, 2.75) is 19.8 Å². The second-order valence-electron chi connectivity index (χ2n) is 3.56. The molecule has 0 aromatic rings. The fraction of sp³-hybridized carbons (Fsp3) is 0.364. The third-order valence-corrected chi connectivity index (χ3v) is 1.63. The first-order chi connectivity index (χ1) is 8.08. The molecule has 0 aliphatic carbocycles. The molecule has 0 fully saturated rings. The molecule has 0 atom stereocenters. The van der Waals surface area contributed by atoms with E-state index in [1.54, 1.807) is 0 Å². The van der Waals surface area contributed by atoms with Gasteiger partial charge in [0.2, 0.25) is 0 Å². The van der Waals surface area contributed by atoms with Crippen LogP contribution in [0.15, 0.2) is 24.3 Å². The maximum atomic E-state index is 11.2. The predicted octanol–water partition coefficient (Wildman–Crippen LogP) is -0.567. The van der Waals surface area contributed by atoms with Crippen LogP contribution in [0, 0.1) is 0 Å². The summed E-state index contributed by atoms with van der Waals surface area (Å²) in [5.74, 6) is -6.83. The molecule has 0 saturated carbocycles. The minimum absolute atomic E-state index is 0.0308. The van der Waals surface area contributed by atoms with Gasteiger partial charge in [-0.3, -0.25) is 4.79 Å². The van der Waals surface area contributed by atoms with E-state index >= 15 is 0 Å². The Hall–Kier alpha value is -1.99. The van der Waals surface area contributed by atoms with Gasteiger partial charge >= 0.3 is 17.9 Å². The van der Waals surface area contributed by atoms with Gasteiger partial charge in [-0.05, 0) is 13.8 Å². The second-order valence-corrected chi connectivity index (χ2v) is 3.56. The van der Waals surface area contributed by atoms with Gasteiger partial charge in [0, 0.05) is 11.1 Å². The SMILES string of the molecule is C=C(C)C(=O)OCC(=O)C(O)(O)OC(=O)C(=C)C. The summed E-state index contributed by atoms with van der Waals surface area (Å²) < 4.78 is 8.44. The van der Waals surface area contributed by atoms with Gasteiger partial charge in [0.1, 0.15) is 0 Å². The molecule has 0 spiro atoms. The van der Waals surface area contributed by atoms with Gasteiger partial charge in [0.15, 0.2) is 6.61 Å². The van der Waals surface area contributed by atoms with Crippen LogP contribution in [-0.4, -0.2) is 40.5 Å². The molecule has 0 saturated heterocycles. The van der Waals surface area contributed by atoms with Crippen LogP contribution in [0.2, 0.25) is 0 Å². The Morgan fingerprint density at radius 1 is 1.06 bits per heavy atom. The molecule has 7 heteroatoms. The number of rotatable bonds is 6. The van der Waals surface area contributed by atoms with Crippen molar-refractivity contribution < 1.29 is 34.1 Å². The molecule has 0 bridgehead atoms. The number of esters is 2. The first-order valence-corrected chi connectivity index (χ1v) is 4.77. The lowest BCUT2D eigenvalue weighted by atomic mass is 10.3. The normalized spacial score (nSPS) is 10.4. The predicted molar refractivity (Wildman–Crippen MR) is 58.9 cm³/mol. The Morgan fingerprint density at radius 3 is 1.89 bits per heavy atom. The summed E-state index contributed by atoms with van der Waals surface area (Å²) in [5, 5.41) is 18.3. The summed E-state index contributed by atoms with van der Waals surface area (Å²) in [4.78, 5) is 33.2. The van der Waals surface area contributed by atoms with Gasteiger partial charge in [-0.25, -0.2) is 9.59 Å². The number of Topliss-reactive ketones (excluding diaryl/α,β-unsaturated/α-hetero) is 1. The van der Waals surface area contributed by atoms with E-state index in [4.69, 9.17) is 10.2 Å². The summed E-state index contributed by atoms with van der Waals surface area (Å²) in [7, 11) is 0. The second kappa shape index (κ2) is 6.08. The minimum atomic E-state index is -3.37. The van der Waals surface area contributed by atoms with Crippen molar-refractivity contribution in [2.24, 2.45) is 0 Å². The highest BCUT2D eigenvalue weighted by Gasteiger charge is 2.39. The van der Waals surface area contributed by atoms with Gasteiger partial charge in [-0.2, -0.15) is 0 Å². The lowest BCUT2D eigenvalue weighted by Crippen LogP contribution is -2.45. The number of carbonyl (C=O) groups excluding carboxylic acids is 3. The van der Waals surface area contributed by atoms with Crippen molar-refractivity contribution in [3.63, 3.8) is 0 Å². The van der Waals surface area contributed by atoms with Gasteiger partial charge in [0.05, 0.1) is 0 Å². The van der Waals surface area contributed by atoms with Gasteiger partial charge in [-0.15, -0.1) is 0 Å². The standard InChI is InChI=1S/C11H14O7/c1-6(2)9(13)17-5-8(12)11(15,16)18-10(14)7(3)4/h15-16H,1,3,5H2,2,4H3. The molecule has 0 unspecified atom stereocenters. The summed E-state index contributed by atoms with van der Waals surface area (Å²) in [6.45, 7) is 8.08. The molecular weight excluding hydrogens is 244 g/mol. The van der Waals surface area contributed by atoms with E-state index in [2.05, 4.69) is 22.6 Å². The zero-order valence-electron chi connectivity index (χ0n) is 10.1. The first-order valence-electron chi connectivity index (χ1n) is 4.77. The Labute approximate surface area is 103 Å². The summed E-state index contributed by atoms with van der Waals surface area (Å²) >= 11 is 0. The fourth-order valence-corrected chi connectivity index (χ4v) is 0.622.